The van der Waals surface area contributed by atoms with Gasteiger partial charge in [-0.25, -0.2) is 9.90 Å². The van der Waals surface area contributed by atoms with Crippen molar-refractivity contribution in [3.05, 3.63) is 0 Å². The van der Waals surface area contributed by atoms with Gasteiger partial charge in [0.1, 0.15) is 0 Å². The molecule has 4 nitrogen and oxygen atoms in total. The van der Waals surface area contributed by atoms with Crippen molar-refractivity contribution in [3.8, 4) is 0 Å². The second-order valence-corrected chi connectivity index (χ2v) is 2.41. The van der Waals surface area contributed by atoms with E-state index in [9.17, 15) is 9.90 Å². The van der Waals surface area contributed by atoms with Crippen molar-refractivity contribution in [1.29, 1.82) is 0 Å². The summed E-state index contributed by atoms with van der Waals surface area (Å²) >= 11 is 0. The van der Waals surface area contributed by atoms with E-state index in [-0.39, 0.29) is 25.2 Å². The maximum absolute atomic E-state index is 10.8. The molecule has 0 aliphatic carbocycles. The van der Waals surface area contributed by atoms with Gasteiger partial charge in [-0.2, -0.15) is 0 Å². The molecule has 0 fully saturated rings. The summed E-state index contributed by atoms with van der Waals surface area (Å²) in [5.74, 6) is 0. The summed E-state index contributed by atoms with van der Waals surface area (Å²) in [5.41, 5.74) is 0. The van der Waals surface area contributed by atoms with E-state index in [1.165, 1.54) is 0 Å². The third-order valence-corrected chi connectivity index (χ3v) is 1.38. The van der Waals surface area contributed by atoms with E-state index < -0.39 is 0 Å². The summed E-state index contributed by atoms with van der Waals surface area (Å²) in [4.78, 5) is 10.8. The molecule has 0 aliphatic rings. The maximum Gasteiger partial charge on any atom is 0.315 e. The van der Waals surface area contributed by atoms with E-state index in [1.807, 2.05) is 13.8 Å². The fourth-order valence-corrected chi connectivity index (χ4v) is 0.541. The first-order valence-corrected chi connectivity index (χ1v) is 3.83. The van der Waals surface area contributed by atoms with E-state index in [2.05, 4.69) is 10.6 Å². The molecule has 0 aliphatic heterocycles. The Balaban J connectivity index is 3.36. The molecule has 0 rings (SSSR count). The zero-order valence-electron chi connectivity index (χ0n) is 7.02. The molecule has 1 radical (unpaired) electrons. The summed E-state index contributed by atoms with van der Waals surface area (Å²) in [6, 6.07) is -0.0862. The van der Waals surface area contributed by atoms with Crippen LogP contribution in [0.5, 0.6) is 0 Å². The second kappa shape index (κ2) is 5.97. The molecule has 0 bridgehead atoms. The van der Waals surface area contributed by atoms with Crippen molar-refractivity contribution in [3.63, 3.8) is 0 Å². The number of amides is 2. The second-order valence-electron chi connectivity index (χ2n) is 2.41. The van der Waals surface area contributed by atoms with Gasteiger partial charge < -0.3 is 10.6 Å². The average Bonchev–Trinajstić information content (AvgIpc) is 2.00. The molecule has 0 heterocycles. The summed E-state index contributed by atoms with van der Waals surface area (Å²) in [6.07, 6.45) is 0.894. The Morgan fingerprint density at radius 1 is 1.55 bits per heavy atom. The van der Waals surface area contributed by atoms with Gasteiger partial charge in [0, 0.05) is 12.6 Å². The van der Waals surface area contributed by atoms with Gasteiger partial charge in [-0.15, -0.1) is 0 Å². The zero-order valence-corrected chi connectivity index (χ0v) is 7.02. The third kappa shape index (κ3) is 5.66. The largest absolute Gasteiger partial charge is 0.336 e. The lowest BCUT2D eigenvalue weighted by molar-refractivity contribution is 0.190. The summed E-state index contributed by atoms with van der Waals surface area (Å²) < 4.78 is 0. The third-order valence-electron chi connectivity index (χ3n) is 1.38. The Bertz CT molecular complexity index is 117. The topological polar surface area (TPSA) is 61.0 Å². The smallest absolute Gasteiger partial charge is 0.315 e. The lowest BCUT2D eigenvalue weighted by Crippen LogP contribution is -2.41. The number of hydrogen-bond acceptors (Lipinski definition) is 1. The molecule has 0 aromatic heterocycles. The minimum atomic E-state index is -0.270. The van der Waals surface area contributed by atoms with Crippen molar-refractivity contribution in [2.75, 3.05) is 13.2 Å². The molecule has 0 saturated carbocycles. The maximum atomic E-state index is 10.8. The Morgan fingerprint density at radius 2 is 2.18 bits per heavy atom. The predicted molar refractivity (Wildman–Crippen MR) is 41.8 cm³/mol. The first-order valence-electron chi connectivity index (χ1n) is 3.83. The molecule has 0 aromatic rings. The Labute approximate surface area is 67.0 Å². The fourth-order valence-electron chi connectivity index (χ4n) is 0.541. The fraction of sp³-hybridized carbons (Fsp3) is 0.857. The normalized spacial score (nSPS) is 12.3. The van der Waals surface area contributed by atoms with Crippen LogP contribution in [0.4, 0.5) is 4.79 Å². The van der Waals surface area contributed by atoms with Crippen LogP contribution in [0.3, 0.4) is 0 Å². The van der Waals surface area contributed by atoms with Crippen molar-refractivity contribution in [2.45, 2.75) is 26.3 Å². The van der Waals surface area contributed by atoms with E-state index in [0.29, 0.717) is 0 Å². The van der Waals surface area contributed by atoms with Crippen LogP contribution in [0.25, 0.3) is 0 Å². The Kier molecular flexibility index (Phi) is 5.56. The van der Waals surface area contributed by atoms with Crippen LogP contribution in [0.1, 0.15) is 20.3 Å². The molecule has 65 valence electrons. The lowest BCUT2D eigenvalue weighted by atomic mass is 10.3. The highest BCUT2D eigenvalue weighted by Crippen LogP contribution is 1.85. The van der Waals surface area contributed by atoms with Gasteiger partial charge in [0.25, 0.3) is 0 Å². The Morgan fingerprint density at radius 3 is 2.64 bits per heavy atom. The van der Waals surface area contributed by atoms with Gasteiger partial charge in [0.2, 0.25) is 0 Å². The van der Waals surface area contributed by atoms with E-state index >= 15 is 0 Å². The van der Waals surface area contributed by atoms with Crippen molar-refractivity contribution in [1.82, 2.24) is 10.6 Å². The van der Waals surface area contributed by atoms with Crippen LogP contribution < -0.4 is 10.6 Å². The quantitative estimate of drug-likeness (QED) is 0.617. The van der Waals surface area contributed by atoms with Crippen LogP contribution in [0.2, 0.25) is 0 Å². The van der Waals surface area contributed by atoms with Crippen molar-refractivity contribution >= 4 is 6.03 Å². The van der Waals surface area contributed by atoms with E-state index in [1.54, 1.807) is 0 Å². The highest BCUT2D eigenvalue weighted by Gasteiger charge is 2.02. The standard InChI is InChI=1S/C7H15N2O2/c1-3-6(2)9-7(11)8-4-5-10/h6H,3-5H2,1-2H3,(H2,8,9,11). The summed E-state index contributed by atoms with van der Waals surface area (Å²) in [7, 11) is 0. The first-order chi connectivity index (χ1) is 5.20. The predicted octanol–water partition coefficient (Wildman–Crippen LogP) is 0.515. The summed E-state index contributed by atoms with van der Waals surface area (Å²) in [5, 5.41) is 15.1. The van der Waals surface area contributed by atoms with Gasteiger partial charge in [-0.05, 0) is 13.3 Å². The van der Waals surface area contributed by atoms with Crippen molar-refractivity contribution < 1.29 is 9.90 Å². The van der Waals surface area contributed by atoms with Gasteiger partial charge in [-0.1, -0.05) is 6.92 Å². The van der Waals surface area contributed by atoms with Crippen molar-refractivity contribution in [2.24, 2.45) is 0 Å². The number of nitrogens with one attached hydrogen (secondary N) is 2. The number of carbonyl (C=O) groups is 1. The number of hydrogen-bond donors (Lipinski definition) is 2. The highest BCUT2D eigenvalue weighted by molar-refractivity contribution is 5.74. The first kappa shape index (κ1) is 10.2. The zero-order chi connectivity index (χ0) is 8.69. The van der Waals surface area contributed by atoms with Crippen LogP contribution in [0.15, 0.2) is 0 Å². The molecule has 2 N–H and O–H groups in total. The molecule has 1 unspecified atom stereocenters. The number of carbonyl (C=O) groups excluding carboxylic acids is 1. The molecule has 4 heteroatoms. The number of rotatable bonds is 4. The van der Waals surface area contributed by atoms with Crippen LogP contribution in [0, 0.1) is 0 Å². The number of urea groups is 1. The molecule has 0 aromatic carbocycles. The molecule has 11 heavy (non-hydrogen) atoms. The molecular weight excluding hydrogens is 144 g/mol. The SMILES string of the molecule is CCC(C)NC(=O)NCC[O]. The molecule has 1 atom stereocenters. The minimum Gasteiger partial charge on any atom is -0.336 e. The average molecular weight is 159 g/mol. The van der Waals surface area contributed by atoms with Gasteiger partial charge in [0.05, 0.1) is 6.61 Å². The molecular formula is C7H15N2O2. The van der Waals surface area contributed by atoms with Gasteiger partial charge >= 0.3 is 6.03 Å². The molecule has 0 spiro atoms. The minimum absolute atomic E-state index is 0.168. The highest BCUT2D eigenvalue weighted by atomic mass is 16.3. The monoisotopic (exact) mass is 159 g/mol. The lowest BCUT2D eigenvalue weighted by Gasteiger charge is -2.11. The molecule has 0 saturated heterocycles. The van der Waals surface area contributed by atoms with Crippen LogP contribution in [-0.2, 0) is 5.11 Å². The molecule has 2 amide bonds. The van der Waals surface area contributed by atoms with Gasteiger partial charge in [0.15, 0.2) is 0 Å². The Hall–Kier alpha value is -0.770. The van der Waals surface area contributed by atoms with Crippen LogP contribution >= 0.6 is 0 Å². The van der Waals surface area contributed by atoms with E-state index in [0.717, 1.165) is 6.42 Å². The summed E-state index contributed by atoms with van der Waals surface area (Å²) in [6.45, 7) is 3.82. The van der Waals surface area contributed by atoms with Gasteiger partial charge in [-0.3, -0.25) is 0 Å². The van der Waals surface area contributed by atoms with E-state index in [4.69, 9.17) is 0 Å². The van der Waals surface area contributed by atoms with Crippen LogP contribution in [-0.4, -0.2) is 25.2 Å².